The third kappa shape index (κ3) is 8.45. The molecule has 0 aromatic carbocycles. The highest BCUT2D eigenvalue weighted by Gasteiger charge is 2.14. The number of rotatable bonds is 9. The summed E-state index contributed by atoms with van der Waals surface area (Å²) < 4.78 is 0. The fourth-order valence-electron chi connectivity index (χ4n) is 2.46. The van der Waals surface area contributed by atoms with E-state index < -0.39 is 0 Å². The highest BCUT2D eigenvalue weighted by molar-refractivity contribution is 5.76. The number of aryl methyl sites for hydroxylation is 1. The molecule has 0 fully saturated rings. The van der Waals surface area contributed by atoms with Crippen LogP contribution in [-0.4, -0.2) is 42.5 Å². The van der Waals surface area contributed by atoms with Crippen molar-refractivity contribution in [3.05, 3.63) is 30.1 Å². The van der Waals surface area contributed by atoms with E-state index in [1.807, 2.05) is 32.3 Å². The molecule has 0 aliphatic heterocycles. The van der Waals surface area contributed by atoms with Crippen molar-refractivity contribution >= 4 is 5.91 Å². The molecular formula is C17H29N3O. The van der Waals surface area contributed by atoms with Crippen molar-refractivity contribution in [1.82, 2.24) is 15.2 Å². The average Bonchev–Trinajstić information content (AvgIpc) is 2.38. The summed E-state index contributed by atoms with van der Waals surface area (Å²) in [5, 5.41) is 3.16. The average molecular weight is 291 g/mol. The van der Waals surface area contributed by atoms with Gasteiger partial charge in [0.1, 0.15) is 0 Å². The highest BCUT2D eigenvalue weighted by Crippen LogP contribution is 2.07. The Balaban J connectivity index is 2.32. The van der Waals surface area contributed by atoms with Gasteiger partial charge in [-0.1, -0.05) is 19.9 Å². The minimum atomic E-state index is 0.151. The minimum Gasteiger partial charge on any atom is -0.352 e. The van der Waals surface area contributed by atoms with Gasteiger partial charge in [-0.05, 0) is 51.4 Å². The first-order chi connectivity index (χ1) is 9.97. The fourth-order valence-corrected chi connectivity index (χ4v) is 2.46. The van der Waals surface area contributed by atoms with Crippen LogP contribution in [0.5, 0.6) is 0 Å². The molecule has 0 radical (unpaired) electrons. The number of aromatic nitrogens is 1. The van der Waals surface area contributed by atoms with Gasteiger partial charge in [-0.3, -0.25) is 9.78 Å². The maximum absolute atomic E-state index is 12.1. The molecule has 1 rings (SSSR count). The molecule has 1 aromatic rings. The summed E-state index contributed by atoms with van der Waals surface area (Å²) in [5.74, 6) is 0.738. The van der Waals surface area contributed by atoms with E-state index in [-0.39, 0.29) is 11.9 Å². The van der Waals surface area contributed by atoms with Gasteiger partial charge in [0.05, 0.1) is 0 Å². The molecule has 0 aliphatic carbocycles. The molecule has 1 unspecified atom stereocenters. The van der Waals surface area contributed by atoms with E-state index in [4.69, 9.17) is 0 Å². The first-order valence-corrected chi connectivity index (χ1v) is 7.81. The van der Waals surface area contributed by atoms with Gasteiger partial charge in [-0.25, -0.2) is 0 Å². The molecule has 4 heteroatoms. The van der Waals surface area contributed by atoms with Crippen molar-refractivity contribution in [2.45, 2.75) is 45.6 Å². The standard InChI is InChI=1S/C17H29N3O/c1-14(2)12-16(13-20(3)4)19-17(21)10-7-9-15-8-5-6-11-18-15/h5-6,8,11,14,16H,7,9-10,12-13H2,1-4H3,(H,19,21). The Morgan fingerprint density at radius 1 is 1.33 bits per heavy atom. The largest absolute Gasteiger partial charge is 0.352 e. The molecular weight excluding hydrogens is 262 g/mol. The summed E-state index contributed by atoms with van der Waals surface area (Å²) in [6.07, 6.45) is 5.09. The lowest BCUT2D eigenvalue weighted by Gasteiger charge is -2.24. The van der Waals surface area contributed by atoms with Crippen molar-refractivity contribution in [1.29, 1.82) is 0 Å². The van der Waals surface area contributed by atoms with Crippen LogP contribution in [0.4, 0.5) is 0 Å². The van der Waals surface area contributed by atoms with Gasteiger partial charge in [0.25, 0.3) is 0 Å². The second-order valence-corrected chi connectivity index (χ2v) is 6.33. The quantitative estimate of drug-likeness (QED) is 0.760. The van der Waals surface area contributed by atoms with Crippen LogP contribution in [0.15, 0.2) is 24.4 Å². The van der Waals surface area contributed by atoms with Crippen molar-refractivity contribution in [2.24, 2.45) is 5.92 Å². The van der Waals surface area contributed by atoms with Gasteiger partial charge in [-0.15, -0.1) is 0 Å². The van der Waals surface area contributed by atoms with Crippen LogP contribution >= 0.6 is 0 Å². The van der Waals surface area contributed by atoms with Crippen molar-refractivity contribution in [3.8, 4) is 0 Å². The van der Waals surface area contributed by atoms with Gasteiger partial charge in [0.2, 0.25) is 5.91 Å². The van der Waals surface area contributed by atoms with Crippen molar-refractivity contribution in [3.63, 3.8) is 0 Å². The molecule has 1 aromatic heterocycles. The minimum absolute atomic E-state index is 0.151. The molecule has 1 N–H and O–H groups in total. The Bertz CT molecular complexity index is 394. The summed E-state index contributed by atoms with van der Waals surface area (Å²) in [6, 6.07) is 6.14. The van der Waals surface area contributed by atoms with Crippen LogP contribution in [-0.2, 0) is 11.2 Å². The Hall–Kier alpha value is -1.42. The number of nitrogens with one attached hydrogen (secondary N) is 1. The van der Waals surface area contributed by atoms with E-state index >= 15 is 0 Å². The zero-order chi connectivity index (χ0) is 15.7. The number of amides is 1. The first-order valence-electron chi connectivity index (χ1n) is 7.81. The topological polar surface area (TPSA) is 45.2 Å². The molecule has 0 spiro atoms. The van der Waals surface area contributed by atoms with Gasteiger partial charge in [-0.2, -0.15) is 0 Å². The Morgan fingerprint density at radius 2 is 2.10 bits per heavy atom. The van der Waals surface area contributed by atoms with E-state index in [1.165, 1.54) is 0 Å². The normalized spacial score (nSPS) is 12.7. The van der Waals surface area contributed by atoms with Crippen LogP contribution in [0, 0.1) is 5.92 Å². The maximum Gasteiger partial charge on any atom is 0.220 e. The third-order valence-electron chi connectivity index (χ3n) is 3.27. The maximum atomic E-state index is 12.1. The molecule has 1 amide bonds. The second kappa shape index (κ2) is 9.50. The Labute approximate surface area is 129 Å². The summed E-state index contributed by atoms with van der Waals surface area (Å²) >= 11 is 0. The molecule has 0 aliphatic rings. The summed E-state index contributed by atoms with van der Waals surface area (Å²) in [5.41, 5.74) is 1.05. The van der Waals surface area contributed by atoms with Crippen LogP contribution in [0.3, 0.4) is 0 Å². The van der Waals surface area contributed by atoms with Crippen LogP contribution in [0.2, 0.25) is 0 Å². The molecule has 0 saturated heterocycles. The zero-order valence-corrected chi connectivity index (χ0v) is 13.8. The molecule has 0 bridgehead atoms. The predicted octanol–water partition coefficient (Wildman–Crippen LogP) is 2.50. The van der Waals surface area contributed by atoms with Gasteiger partial charge >= 0.3 is 0 Å². The van der Waals surface area contributed by atoms with Crippen LogP contribution in [0.1, 0.15) is 38.8 Å². The van der Waals surface area contributed by atoms with Gasteiger partial charge < -0.3 is 10.2 Å². The molecule has 21 heavy (non-hydrogen) atoms. The molecule has 118 valence electrons. The number of hydrogen-bond donors (Lipinski definition) is 1. The third-order valence-corrected chi connectivity index (χ3v) is 3.27. The van der Waals surface area contributed by atoms with Crippen molar-refractivity contribution in [2.75, 3.05) is 20.6 Å². The zero-order valence-electron chi connectivity index (χ0n) is 13.8. The Kier molecular flexibility index (Phi) is 7.98. The SMILES string of the molecule is CC(C)CC(CN(C)C)NC(=O)CCCc1ccccn1. The van der Waals surface area contributed by atoms with Crippen LogP contribution in [0.25, 0.3) is 0 Å². The van der Waals surface area contributed by atoms with E-state index in [2.05, 4.69) is 29.0 Å². The number of carbonyl (C=O) groups is 1. The van der Waals surface area contributed by atoms with E-state index in [1.54, 1.807) is 6.20 Å². The smallest absolute Gasteiger partial charge is 0.220 e. The van der Waals surface area contributed by atoms with E-state index in [0.29, 0.717) is 12.3 Å². The fraction of sp³-hybridized carbons (Fsp3) is 0.647. The molecule has 1 heterocycles. The summed E-state index contributed by atoms with van der Waals surface area (Å²) in [6.45, 7) is 5.27. The lowest BCUT2D eigenvalue weighted by Crippen LogP contribution is -2.42. The van der Waals surface area contributed by atoms with E-state index in [9.17, 15) is 4.79 Å². The number of likely N-dealkylation sites (N-methyl/N-ethyl adjacent to an activating group) is 1. The van der Waals surface area contributed by atoms with Crippen LogP contribution < -0.4 is 5.32 Å². The molecule has 4 nitrogen and oxygen atoms in total. The van der Waals surface area contributed by atoms with Gasteiger partial charge in [0, 0.05) is 30.9 Å². The number of nitrogens with zero attached hydrogens (tertiary/aromatic N) is 2. The summed E-state index contributed by atoms with van der Waals surface area (Å²) in [7, 11) is 4.08. The van der Waals surface area contributed by atoms with Crippen molar-refractivity contribution < 1.29 is 4.79 Å². The van der Waals surface area contributed by atoms with E-state index in [0.717, 1.165) is 31.5 Å². The monoisotopic (exact) mass is 291 g/mol. The number of hydrogen-bond acceptors (Lipinski definition) is 3. The summed E-state index contributed by atoms with van der Waals surface area (Å²) in [4.78, 5) is 18.5. The predicted molar refractivity (Wildman–Crippen MR) is 87.1 cm³/mol. The number of pyridine rings is 1. The van der Waals surface area contributed by atoms with Gasteiger partial charge in [0.15, 0.2) is 0 Å². The lowest BCUT2D eigenvalue weighted by molar-refractivity contribution is -0.122. The lowest BCUT2D eigenvalue weighted by atomic mass is 10.0. The first kappa shape index (κ1) is 17.6. The Morgan fingerprint density at radius 3 is 2.67 bits per heavy atom. The second-order valence-electron chi connectivity index (χ2n) is 6.33. The number of carbonyl (C=O) groups excluding carboxylic acids is 1. The molecule has 0 saturated carbocycles. The molecule has 1 atom stereocenters. The highest BCUT2D eigenvalue weighted by atomic mass is 16.1.